The predicted octanol–water partition coefficient (Wildman–Crippen LogP) is 2.40. The van der Waals surface area contributed by atoms with E-state index in [1.807, 2.05) is 0 Å². The number of hydrazine groups is 1. The minimum absolute atomic E-state index is 0.446. The second-order valence-electron chi connectivity index (χ2n) is 5.95. The van der Waals surface area contributed by atoms with Crippen LogP contribution < -0.4 is 11.2 Å². The van der Waals surface area contributed by atoms with E-state index in [0.29, 0.717) is 24.1 Å². The van der Waals surface area contributed by atoms with Crippen LogP contribution in [0.25, 0.3) is 0 Å². The van der Waals surface area contributed by atoms with E-state index < -0.39 is 0 Å². The summed E-state index contributed by atoms with van der Waals surface area (Å²) in [4.78, 5) is 4.64. The summed E-state index contributed by atoms with van der Waals surface area (Å²) in [6.07, 6.45) is 10.2. The van der Waals surface area contributed by atoms with Gasteiger partial charge in [-0.15, -0.1) is 0 Å². The maximum atomic E-state index is 6.06. The van der Waals surface area contributed by atoms with E-state index in [2.05, 4.69) is 29.3 Å². The minimum atomic E-state index is 0.446. The van der Waals surface area contributed by atoms with Crippen LogP contribution in [0, 0.1) is 0 Å². The summed E-state index contributed by atoms with van der Waals surface area (Å²) < 4.78 is 0. The molecule has 1 heterocycles. The fourth-order valence-corrected chi connectivity index (χ4v) is 3.21. The first-order chi connectivity index (χ1) is 8.66. The zero-order valence-corrected chi connectivity index (χ0v) is 11.9. The number of nitrogens with two attached hydrogens (primary N) is 1. The maximum absolute atomic E-state index is 6.06. The monoisotopic (exact) mass is 252 g/mol. The van der Waals surface area contributed by atoms with Gasteiger partial charge in [0.2, 0.25) is 5.96 Å². The molecule has 2 rings (SSSR count). The molecule has 0 spiro atoms. The van der Waals surface area contributed by atoms with Crippen molar-refractivity contribution in [1.29, 1.82) is 0 Å². The number of rotatable bonds is 2. The van der Waals surface area contributed by atoms with Crippen molar-refractivity contribution in [3.05, 3.63) is 0 Å². The van der Waals surface area contributed by atoms with Crippen LogP contribution in [-0.4, -0.2) is 29.1 Å². The summed E-state index contributed by atoms with van der Waals surface area (Å²) in [6.45, 7) is 4.52. The molecule has 0 aromatic rings. The quantitative estimate of drug-likeness (QED) is 0.586. The van der Waals surface area contributed by atoms with Crippen molar-refractivity contribution in [2.24, 2.45) is 10.7 Å². The minimum Gasteiger partial charge on any atom is -0.369 e. The largest absolute Gasteiger partial charge is 0.369 e. The lowest BCUT2D eigenvalue weighted by Gasteiger charge is -2.39. The molecule has 2 atom stereocenters. The molecule has 0 aromatic carbocycles. The van der Waals surface area contributed by atoms with Crippen molar-refractivity contribution in [2.75, 3.05) is 0 Å². The predicted molar refractivity (Wildman–Crippen MR) is 76.2 cm³/mol. The molecule has 1 aliphatic heterocycles. The van der Waals surface area contributed by atoms with Crippen LogP contribution in [0.2, 0.25) is 0 Å². The molecule has 2 fully saturated rings. The Morgan fingerprint density at radius 3 is 2.22 bits per heavy atom. The Hall–Kier alpha value is -0.770. The van der Waals surface area contributed by atoms with Crippen molar-refractivity contribution >= 4 is 5.96 Å². The lowest BCUT2D eigenvalue weighted by atomic mass is 9.96. The van der Waals surface area contributed by atoms with Gasteiger partial charge in [-0.1, -0.05) is 25.7 Å². The second-order valence-corrected chi connectivity index (χ2v) is 5.95. The van der Waals surface area contributed by atoms with Crippen molar-refractivity contribution < 1.29 is 0 Å². The normalized spacial score (nSPS) is 32.4. The number of aliphatic imine (C=N–C) groups is 1. The van der Waals surface area contributed by atoms with E-state index in [-0.39, 0.29) is 0 Å². The first kappa shape index (κ1) is 13.7. The Balaban J connectivity index is 1.88. The lowest BCUT2D eigenvalue weighted by Crippen LogP contribution is -2.56. The van der Waals surface area contributed by atoms with E-state index in [9.17, 15) is 0 Å². The maximum Gasteiger partial charge on any atom is 0.203 e. The van der Waals surface area contributed by atoms with Gasteiger partial charge in [0.1, 0.15) is 0 Å². The molecule has 0 radical (unpaired) electrons. The van der Waals surface area contributed by atoms with Gasteiger partial charge in [-0.2, -0.15) is 0 Å². The molecule has 18 heavy (non-hydrogen) atoms. The van der Waals surface area contributed by atoms with E-state index in [1.165, 1.54) is 51.4 Å². The fourth-order valence-electron chi connectivity index (χ4n) is 3.21. The van der Waals surface area contributed by atoms with Crippen LogP contribution in [0.3, 0.4) is 0 Å². The number of nitrogens with one attached hydrogen (secondary N) is 1. The third-order valence-electron chi connectivity index (χ3n) is 4.33. The highest BCUT2D eigenvalue weighted by atomic mass is 15.6. The molecule has 1 aliphatic carbocycles. The Labute approximate surface area is 111 Å². The molecule has 4 nitrogen and oxygen atoms in total. The van der Waals surface area contributed by atoms with Gasteiger partial charge >= 0.3 is 0 Å². The van der Waals surface area contributed by atoms with Crippen LogP contribution in [0.1, 0.15) is 65.2 Å². The first-order valence-electron chi connectivity index (χ1n) is 7.55. The highest BCUT2D eigenvalue weighted by Gasteiger charge is 2.25. The van der Waals surface area contributed by atoms with Gasteiger partial charge in [0.25, 0.3) is 0 Å². The third kappa shape index (κ3) is 3.61. The van der Waals surface area contributed by atoms with Gasteiger partial charge in [-0.05, 0) is 39.5 Å². The first-order valence-corrected chi connectivity index (χ1v) is 7.55. The van der Waals surface area contributed by atoms with Crippen molar-refractivity contribution in [1.82, 2.24) is 10.4 Å². The van der Waals surface area contributed by atoms with E-state index in [0.717, 1.165) is 0 Å². The summed E-state index contributed by atoms with van der Waals surface area (Å²) in [5.74, 6) is 0.613. The highest BCUT2D eigenvalue weighted by Crippen LogP contribution is 2.21. The second kappa shape index (κ2) is 6.41. The number of hydrogen-bond acceptors (Lipinski definition) is 2. The van der Waals surface area contributed by atoms with Gasteiger partial charge in [-0.3, -0.25) is 5.43 Å². The Kier molecular flexibility index (Phi) is 4.87. The molecule has 0 aromatic heterocycles. The summed E-state index contributed by atoms with van der Waals surface area (Å²) in [6, 6.07) is 1.55. The Bertz CT molecular complexity index is 274. The summed E-state index contributed by atoms with van der Waals surface area (Å²) >= 11 is 0. The summed E-state index contributed by atoms with van der Waals surface area (Å²) in [7, 11) is 0. The van der Waals surface area contributed by atoms with Crippen molar-refractivity contribution in [2.45, 2.75) is 83.3 Å². The number of hydrogen-bond donors (Lipinski definition) is 2. The molecule has 104 valence electrons. The molecule has 2 unspecified atom stereocenters. The van der Waals surface area contributed by atoms with Crippen LogP contribution in [-0.2, 0) is 0 Å². The van der Waals surface area contributed by atoms with Crippen LogP contribution >= 0.6 is 0 Å². The number of piperidine rings is 1. The average Bonchev–Trinajstić information content (AvgIpc) is 2.35. The van der Waals surface area contributed by atoms with E-state index in [1.54, 1.807) is 0 Å². The molecule has 4 heteroatoms. The average molecular weight is 252 g/mol. The summed E-state index contributed by atoms with van der Waals surface area (Å²) in [5, 5.41) is 2.28. The molecule has 3 N–H and O–H groups in total. The van der Waals surface area contributed by atoms with Crippen molar-refractivity contribution in [3.63, 3.8) is 0 Å². The number of nitrogens with zero attached hydrogens (tertiary/aromatic N) is 2. The van der Waals surface area contributed by atoms with Crippen LogP contribution in [0.5, 0.6) is 0 Å². The van der Waals surface area contributed by atoms with Gasteiger partial charge < -0.3 is 5.73 Å². The van der Waals surface area contributed by atoms with Crippen LogP contribution in [0.15, 0.2) is 4.99 Å². The zero-order valence-electron chi connectivity index (χ0n) is 11.9. The summed E-state index contributed by atoms with van der Waals surface area (Å²) in [5.41, 5.74) is 9.38. The van der Waals surface area contributed by atoms with Crippen LogP contribution in [0.4, 0.5) is 0 Å². The standard InChI is InChI=1S/C14H28N4/c1-11-7-6-8-12(2)18(11)17-14(15)16-13-9-4-3-5-10-13/h11-13H,3-10H2,1-2H3,(H3,15,16,17). The molecule has 2 aliphatic rings. The highest BCUT2D eigenvalue weighted by molar-refractivity contribution is 5.77. The Morgan fingerprint density at radius 1 is 1.00 bits per heavy atom. The van der Waals surface area contributed by atoms with Gasteiger partial charge in [-0.25, -0.2) is 10.0 Å². The van der Waals surface area contributed by atoms with Gasteiger partial charge in [0.15, 0.2) is 0 Å². The zero-order chi connectivity index (χ0) is 13.0. The fraction of sp³-hybridized carbons (Fsp3) is 0.929. The SMILES string of the molecule is CC1CCCC(C)N1NC(N)=NC1CCCCC1. The van der Waals surface area contributed by atoms with E-state index in [4.69, 9.17) is 5.73 Å². The number of guanidine groups is 1. The van der Waals surface area contributed by atoms with Gasteiger partial charge in [0, 0.05) is 12.1 Å². The molecular formula is C14H28N4. The lowest BCUT2D eigenvalue weighted by molar-refractivity contribution is 0.0732. The molecule has 1 saturated carbocycles. The van der Waals surface area contributed by atoms with Gasteiger partial charge in [0.05, 0.1) is 6.04 Å². The Morgan fingerprint density at radius 2 is 1.61 bits per heavy atom. The molecule has 0 bridgehead atoms. The third-order valence-corrected chi connectivity index (χ3v) is 4.33. The molecule has 0 amide bonds. The van der Waals surface area contributed by atoms with E-state index >= 15 is 0 Å². The smallest absolute Gasteiger partial charge is 0.203 e. The molecular weight excluding hydrogens is 224 g/mol. The molecule has 1 saturated heterocycles. The topological polar surface area (TPSA) is 53.6 Å². The van der Waals surface area contributed by atoms with Crippen molar-refractivity contribution in [3.8, 4) is 0 Å².